The van der Waals surface area contributed by atoms with E-state index in [1.807, 2.05) is 0 Å². The quantitative estimate of drug-likeness (QED) is 0.926. The minimum absolute atomic E-state index is 0.171. The van der Waals surface area contributed by atoms with E-state index >= 15 is 0 Å². The van der Waals surface area contributed by atoms with Gasteiger partial charge in [-0.05, 0) is 25.0 Å². The predicted molar refractivity (Wildman–Crippen MR) is 69.3 cm³/mol. The van der Waals surface area contributed by atoms with Crippen LogP contribution in [-0.4, -0.2) is 41.6 Å². The molecule has 0 aromatic heterocycles. The first kappa shape index (κ1) is 16.1. The second kappa shape index (κ2) is 6.67. The summed E-state index contributed by atoms with van der Waals surface area (Å²) in [6, 6.07) is 2.79. The molecule has 2 rings (SSSR count). The monoisotopic (exact) mass is 317 g/mol. The molecular formula is C14H14F3NO4. The summed E-state index contributed by atoms with van der Waals surface area (Å²) in [6.07, 6.45) is 0.570. The Hall–Kier alpha value is -2.25. The fourth-order valence-corrected chi connectivity index (χ4v) is 2.37. The van der Waals surface area contributed by atoms with Crippen molar-refractivity contribution in [2.45, 2.75) is 19.5 Å². The molecule has 0 radical (unpaired) electrons. The number of halogens is 3. The zero-order chi connectivity index (χ0) is 16.3. The Morgan fingerprint density at radius 2 is 1.91 bits per heavy atom. The molecule has 0 spiro atoms. The van der Waals surface area contributed by atoms with Gasteiger partial charge < -0.3 is 14.7 Å². The number of carboxylic acid groups (broad SMARTS) is 1. The highest BCUT2D eigenvalue weighted by atomic mass is 19.3. The van der Waals surface area contributed by atoms with E-state index in [4.69, 9.17) is 5.11 Å². The van der Waals surface area contributed by atoms with Gasteiger partial charge in [0.2, 0.25) is 0 Å². The van der Waals surface area contributed by atoms with E-state index in [0.717, 1.165) is 18.2 Å². The van der Waals surface area contributed by atoms with Gasteiger partial charge in [-0.25, -0.2) is 4.39 Å². The summed E-state index contributed by atoms with van der Waals surface area (Å²) in [5, 5.41) is 8.91. The lowest BCUT2D eigenvalue weighted by molar-refractivity contribution is -0.143. The second-order valence-electron chi connectivity index (χ2n) is 4.92. The number of amides is 1. The van der Waals surface area contributed by atoms with Crippen LogP contribution >= 0.6 is 0 Å². The number of alkyl halides is 2. The molecule has 1 aliphatic rings. The molecule has 1 aliphatic heterocycles. The van der Waals surface area contributed by atoms with Gasteiger partial charge in [0.15, 0.2) is 0 Å². The van der Waals surface area contributed by atoms with Gasteiger partial charge in [-0.3, -0.25) is 9.59 Å². The summed E-state index contributed by atoms with van der Waals surface area (Å²) in [6.45, 7) is -2.78. The van der Waals surface area contributed by atoms with Crippen LogP contribution in [0, 0.1) is 11.7 Å². The number of aliphatic carboxylic acids is 1. The van der Waals surface area contributed by atoms with Crippen molar-refractivity contribution >= 4 is 11.9 Å². The van der Waals surface area contributed by atoms with Crippen molar-refractivity contribution in [2.24, 2.45) is 5.92 Å². The molecule has 1 N–H and O–H groups in total. The highest BCUT2D eigenvalue weighted by molar-refractivity contribution is 5.97. The number of carbonyl (C=O) groups is 2. The number of nitrogens with zero attached hydrogens (tertiary/aromatic N) is 1. The molecule has 0 unspecified atom stereocenters. The third-order valence-corrected chi connectivity index (χ3v) is 3.52. The number of hydrogen-bond acceptors (Lipinski definition) is 3. The van der Waals surface area contributed by atoms with Crippen LogP contribution in [0.2, 0.25) is 0 Å². The van der Waals surface area contributed by atoms with Gasteiger partial charge in [0.25, 0.3) is 5.91 Å². The molecule has 0 saturated carbocycles. The number of carbonyl (C=O) groups excluding carboxylic acids is 1. The molecule has 22 heavy (non-hydrogen) atoms. The average molecular weight is 317 g/mol. The fraction of sp³-hybridized carbons (Fsp3) is 0.429. The minimum atomic E-state index is -3.17. The number of ether oxygens (including phenoxy) is 1. The summed E-state index contributed by atoms with van der Waals surface area (Å²) in [7, 11) is 0. The third-order valence-electron chi connectivity index (χ3n) is 3.52. The maximum Gasteiger partial charge on any atom is 0.387 e. The van der Waals surface area contributed by atoms with E-state index in [2.05, 4.69) is 4.74 Å². The largest absolute Gasteiger partial charge is 0.481 e. The highest BCUT2D eigenvalue weighted by Gasteiger charge is 2.29. The lowest BCUT2D eigenvalue weighted by Crippen LogP contribution is -2.40. The van der Waals surface area contributed by atoms with Crippen LogP contribution in [-0.2, 0) is 4.79 Å². The summed E-state index contributed by atoms with van der Waals surface area (Å²) in [4.78, 5) is 24.5. The third kappa shape index (κ3) is 3.69. The van der Waals surface area contributed by atoms with Crippen molar-refractivity contribution in [3.8, 4) is 5.75 Å². The molecule has 1 saturated heterocycles. The molecule has 5 nitrogen and oxygen atoms in total. The SMILES string of the molecule is O=C(O)C1CCN(C(=O)c2ccc(F)cc2OC(F)F)CC1. The normalized spacial score (nSPS) is 15.9. The molecule has 1 heterocycles. The molecule has 0 atom stereocenters. The van der Waals surface area contributed by atoms with Crippen LogP contribution in [0.3, 0.4) is 0 Å². The Bertz CT molecular complexity index is 571. The Balaban J connectivity index is 2.14. The molecule has 0 bridgehead atoms. The van der Waals surface area contributed by atoms with Crippen molar-refractivity contribution in [2.75, 3.05) is 13.1 Å². The van der Waals surface area contributed by atoms with Crippen molar-refractivity contribution < 1.29 is 32.6 Å². The number of likely N-dealkylation sites (tertiary alicyclic amines) is 1. The second-order valence-corrected chi connectivity index (χ2v) is 4.92. The van der Waals surface area contributed by atoms with Crippen molar-refractivity contribution in [1.82, 2.24) is 4.90 Å². The Kier molecular flexibility index (Phi) is 4.89. The Morgan fingerprint density at radius 3 is 2.45 bits per heavy atom. The molecular weight excluding hydrogens is 303 g/mol. The van der Waals surface area contributed by atoms with E-state index in [1.165, 1.54) is 4.90 Å². The zero-order valence-electron chi connectivity index (χ0n) is 11.5. The van der Waals surface area contributed by atoms with Crippen molar-refractivity contribution in [3.63, 3.8) is 0 Å². The molecule has 1 aromatic carbocycles. The number of rotatable bonds is 4. The van der Waals surface area contributed by atoms with Gasteiger partial charge in [0.05, 0.1) is 11.5 Å². The van der Waals surface area contributed by atoms with Crippen LogP contribution in [0.1, 0.15) is 23.2 Å². The molecule has 1 fully saturated rings. The van der Waals surface area contributed by atoms with E-state index in [-0.39, 0.29) is 31.5 Å². The first-order chi connectivity index (χ1) is 10.4. The number of benzene rings is 1. The van der Waals surface area contributed by atoms with Gasteiger partial charge >= 0.3 is 12.6 Å². The average Bonchev–Trinajstić information content (AvgIpc) is 2.46. The fourth-order valence-electron chi connectivity index (χ4n) is 2.37. The number of carboxylic acids is 1. The summed E-state index contributed by atoms with van der Waals surface area (Å²) >= 11 is 0. The van der Waals surface area contributed by atoms with Crippen LogP contribution < -0.4 is 4.74 Å². The standard InChI is InChI=1S/C14H14F3NO4/c15-9-1-2-10(11(7-9)22-14(16)17)12(19)18-5-3-8(4-6-18)13(20)21/h1-2,7-8,14H,3-6H2,(H,20,21). The molecule has 1 aromatic rings. The smallest absolute Gasteiger partial charge is 0.387 e. The molecule has 0 aliphatic carbocycles. The lowest BCUT2D eigenvalue weighted by Gasteiger charge is -2.30. The predicted octanol–water partition coefficient (Wildman–Crippen LogP) is 2.36. The molecule has 120 valence electrons. The van der Waals surface area contributed by atoms with Crippen LogP contribution in [0.25, 0.3) is 0 Å². The minimum Gasteiger partial charge on any atom is -0.481 e. The number of piperidine rings is 1. The highest BCUT2D eigenvalue weighted by Crippen LogP contribution is 2.26. The topological polar surface area (TPSA) is 66.8 Å². The van der Waals surface area contributed by atoms with Crippen LogP contribution in [0.4, 0.5) is 13.2 Å². The summed E-state index contributed by atoms with van der Waals surface area (Å²) in [5.41, 5.74) is -0.171. The number of hydrogen-bond donors (Lipinski definition) is 1. The first-order valence-corrected chi connectivity index (χ1v) is 6.65. The van der Waals surface area contributed by atoms with E-state index in [1.54, 1.807) is 0 Å². The van der Waals surface area contributed by atoms with Gasteiger partial charge in [-0.2, -0.15) is 8.78 Å². The van der Waals surface area contributed by atoms with Crippen molar-refractivity contribution in [3.05, 3.63) is 29.6 Å². The lowest BCUT2D eigenvalue weighted by atomic mass is 9.96. The van der Waals surface area contributed by atoms with Gasteiger partial charge in [0, 0.05) is 19.2 Å². The van der Waals surface area contributed by atoms with E-state index < -0.39 is 36.0 Å². The van der Waals surface area contributed by atoms with Crippen molar-refractivity contribution in [1.29, 1.82) is 0 Å². The molecule has 1 amide bonds. The zero-order valence-corrected chi connectivity index (χ0v) is 11.5. The van der Waals surface area contributed by atoms with E-state index in [9.17, 15) is 22.8 Å². The maximum absolute atomic E-state index is 13.1. The Morgan fingerprint density at radius 1 is 1.27 bits per heavy atom. The summed E-state index contributed by atoms with van der Waals surface area (Å²) < 4.78 is 42.0. The first-order valence-electron chi connectivity index (χ1n) is 6.65. The van der Waals surface area contributed by atoms with Crippen LogP contribution in [0.15, 0.2) is 18.2 Å². The van der Waals surface area contributed by atoms with E-state index in [0.29, 0.717) is 0 Å². The maximum atomic E-state index is 13.1. The van der Waals surface area contributed by atoms with Gasteiger partial charge in [-0.1, -0.05) is 0 Å². The summed E-state index contributed by atoms with van der Waals surface area (Å²) in [5.74, 6) is -3.35. The van der Waals surface area contributed by atoms with Gasteiger partial charge in [-0.15, -0.1) is 0 Å². The molecule has 8 heteroatoms. The Labute approximate surface area is 124 Å². The van der Waals surface area contributed by atoms with Gasteiger partial charge in [0.1, 0.15) is 11.6 Å². The van der Waals surface area contributed by atoms with Crippen LogP contribution in [0.5, 0.6) is 5.75 Å².